The summed E-state index contributed by atoms with van der Waals surface area (Å²) in [5.74, 6) is 0.132. The summed E-state index contributed by atoms with van der Waals surface area (Å²) in [7, 11) is 0. The maximum atomic E-state index is 13.0. The first kappa shape index (κ1) is 31.7. The second-order valence-corrected chi connectivity index (χ2v) is 12.4. The fourth-order valence-corrected chi connectivity index (χ4v) is 5.99. The van der Waals surface area contributed by atoms with E-state index in [1.54, 1.807) is 13.8 Å². The van der Waals surface area contributed by atoms with Crippen LogP contribution in [-0.2, 0) is 36.1 Å². The van der Waals surface area contributed by atoms with Gasteiger partial charge >= 0.3 is 5.97 Å². The number of hydrogen-bond acceptors (Lipinski definition) is 4. The molecule has 0 bridgehead atoms. The summed E-state index contributed by atoms with van der Waals surface area (Å²) in [6.45, 7) is 10.4. The highest BCUT2D eigenvalue weighted by Crippen LogP contribution is 2.27. The number of nitrogens with one attached hydrogen (secondary N) is 1. The van der Waals surface area contributed by atoms with Gasteiger partial charge in [-0.05, 0) is 112 Å². The van der Waals surface area contributed by atoms with Gasteiger partial charge in [0.15, 0.2) is 5.78 Å². The molecule has 0 saturated carbocycles. The fraction of sp³-hybridized carbons (Fsp3) is 0.459. The van der Waals surface area contributed by atoms with Gasteiger partial charge < -0.3 is 10.4 Å². The third-order valence-corrected chi connectivity index (χ3v) is 8.97. The van der Waals surface area contributed by atoms with Crippen molar-refractivity contribution in [2.45, 2.75) is 84.2 Å². The molecule has 0 spiro atoms. The lowest BCUT2D eigenvalue weighted by atomic mass is 9.84. The van der Waals surface area contributed by atoms with Gasteiger partial charge in [-0.3, -0.25) is 14.5 Å². The molecule has 1 aliphatic rings. The molecular weight excluding hydrogens is 520 g/mol. The highest BCUT2D eigenvalue weighted by atomic mass is 16.4. The number of Topliss-reactive ketones (excluding diaryl/α,β-unsaturated/α-hetero) is 1. The number of rotatable bonds is 15. The van der Waals surface area contributed by atoms with Crippen molar-refractivity contribution in [3.63, 3.8) is 0 Å². The van der Waals surface area contributed by atoms with E-state index >= 15 is 0 Å². The number of aliphatic carboxylic acids is 1. The number of carboxylic acids is 1. The minimum Gasteiger partial charge on any atom is -0.481 e. The summed E-state index contributed by atoms with van der Waals surface area (Å²) in [6, 6.07) is 24.8. The van der Waals surface area contributed by atoms with E-state index in [9.17, 15) is 14.7 Å². The van der Waals surface area contributed by atoms with Crippen LogP contribution in [0, 0.1) is 5.92 Å². The van der Waals surface area contributed by atoms with Crippen LogP contribution in [0.4, 0.5) is 0 Å². The summed E-state index contributed by atoms with van der Waals surface area (Å²) < 4.78 is 0. The topological polar surface area (TPSA) is 69.6 Å². The van der Waals surface area contributed by atoms with E-state index in [1.807, 2.05) is 30.3 Å². The summed E-state index contributed by atoms with van der Waals surface area (Å²) in [6.07, 6.45) is 6.89. The Hall–Kier alpha value is -3.28. The van der Waals surface area contributed by atoms with Crippen molar-refractivity contribution >= 4 is 11.8 Å². The number of piperidine rings is 1. The Kier molecular flexibility index (Phi) is 11.5. The lowest BCUT2D eigenvalue weighted by Gasteiger charge is -2.32. The number of nitrogens with zero attached hydrogens (tertiary/aromatic N) is 1. The number of aryl methyl sites for hydroxylation is 1. The van der Waals surface area contributed by atoms with Crippen molar-refractivity contribution in [3.05, 3.63) is 106 Å². The maximum absolute atomic E-state index is 13.0. The second-order valence-electron chi connectivity index (χ2n) is 12.4. The average Bonchev–Trinajstić information content (AvgIpc) is 3.00. The van der Waals surface area contributed by atoms with Gasteiger partial charge in [0.2, 0.25) is 0 Å². The highest BCUT2D eigenvalue weighted by Gasteiger charge is 2.29. The highest BCUT2D eigenvalue weighted by molar-refractivity contribution is 5.96. The number of carbonyl (C=O) groups excluding carboxylic acids is 1. The molecule has 5 heteroatoms. The van der Waals surface area contributed by atoms with Crippen LogP contribution in [0.3, 0.4) is 0 Å². The second kappa shape index (κ2) is 15.3. The van der Waals surface area contributed by atoms with Crippen LogP contribution in [0.5, 0.6) is 0 Å². The van der Waals surface area contributed by atoms with Gasteiger partial charge in [-0.15, -0.1) is 0 Å². The van der Waals surface area contributed by atoms with Crippen LogP contribution < -0.4 is 5.32 Å². The third kappa shape index (κ3) is 8.86. The van der Waals surface area contributed by atoms with Crippen LogP contribution in [0.1, 0.15) is 91.1 Å². The molecule has 224 valence electrons. The van der Waals surface area contributed by atoms with Crippen LogP contribution in [0.25, 0.3) is 0 Å². The fourth-order valence-electron chi connectivity index (χ4n) is 5.99. The Morgan fingerprint density at radius 3 is 2.38 bits per heavy atom. The summed E-state index contributed by atoms with van der Waals surface area (Å²) in [5, 5.41) is 13.1. The summed E-state index contributed by atoms with van der Waals surface area (Å²) in [5.41, 5.74) is 5.90. The number of carboxylic acid groups (broad SMARTS) is 1. The van der Waals surface area contributed by atoms with Crippen molar-refractivity contribution in [3.8, 4) is 0 Å². The zero-order chi connectivity index (χ0) is 30.0. The molecule has 1 aliphatic heterocycles. The van der Waals surface area contributed by atoms with Gasteiger partial charge in [0.25, 0.3) is 0 Å². The molecule has 1 saturated heterocycles. The van der Waals surface area contributed by atoms with E-state index in [1.165, 1.54) is 22.3 Å². The van der Waals surface area contributed by atoms with Crippen LogP contribution >= 0.6 is 0 Å². The summed E-state index contributed by atoms with van der Waals surface area (Å²) in [4.78, 5) is 27.2. The van der Waals surface area contributed by atoms with E-state index in [-0.39, 0.29) is 5.78 Å². The van der Waals surface area contributed by atoms with Gasteiger partial charge in [-0.1, -0.05) is 73.7 Å². The summed E-state index contributed by atoms with van der Waals surface area (Å²) >= 11 is 0. The number of hydrogen-bond donors (Lipinski definition) is 2. The van der Waals surface area contributed by atoms with Gasteiger partial charge in [0, 0.05) is 25.1 Å². The van der Waals surface area contributed by atoms with E-state index in [0.717, 1.165) is 82.4 Å². The molecular formula is C37H48N2O3. The maximum Gasteiger partial charge on any atom is 0.313 e. The molecule has 0 amide bonds. The van der Waals surface area contributed by atoms with Crippen molar-refractivity contribution in [1.29, 1.82) is 0 Å². The Morgan fingerprint density at radius 1 is 0.929 bits per heavy atom. The molecule has 42 heavy (non-hydrogen) atoms. The molecule has 5 nitrogen and oxygen atoms in total. The van der Waals surface area contributed by atoms with Crippen LogP contribution in [0.2, 0.25) is 0 Å². The van der Waals surface area contributed by atoms with E-state index in [2.05, 4.69) is 59.6 Å². The number of ketones is 1. The molecule has 4 rings (SSSR count). The monoisotopic (exact) mass is 568 g/mol. The standard InChI is InChI=1S/C37H48N2O3/c1-4-31-25-33(17-16-32(31)18-21-38-26-29-10-6-5-7-11-29)35(40)15-9-12-28-19-22-39(23-20-28)27-30-13-8-14-34(24-30)37(2,3)36(41)42/h5-8,10-11,13-14,16-17,24-25,28,38H,4,9,12,15,18-23,26-27H2,1-3H3,(H,41,42). The Labute approximate surface area is 252 Å². The van der Waals surface area contributed by atoms with Crippen molar-refractivity contribution in [1.82, 2.24) is 10.2 Å². The van der Waals surface area contributed by atoms with E-state index in [4.69, 9.17) is 0 Å². The minimum atomic E-state index is -0.888. The smallest absolute Gasteiger partial charge is 0.313 e. The predicted molar refractivity (Wildman–Crippen MR) is 171 cm³/mol. The normalized spacial score (nSPS) is 14.6. The third-order valence-electron chi connectivity index (χ3n) is 8.97. The van der Waals surface area contributed by atoms with Crippen molar-refractivity contribution in [2.75, 3.05) is 19.6 Å². The van der Waals surface area contributed by atoms with Crippen molar-refractivity contribution < 1.29 is 14.7 Å². The molecule has 3 aromatic carbocycles. The van der Waals surface area contributed by atoms with Gasteiger partial charge in [0.05, 0.1) is 5.41 Å². The molecule has 1 fully saturated rings. The molecule has 0 unspecified atom stereocenters. The molecule has 1 heterocycles. The first-order chi connectivity index (χ1) is 20.3. The first-order valence-electron chi connectivity index (χ1n) is 15.7. The Morgan fingerprint density at radius 2 is 1.67 bits per heavy atom. The number of likely N-dealkylation sites (tertiary alicyclic amines) is 1. The Bertz CT molecular complexity index is 1310. The quantitative estimate of drug-likeness (QED) is 0.150. The van der Waals surface area contributed by atoms with E-state index < -0.39 is 11.4 Å². The van der Waals surface area contributed by atoms with E-state index in [0.29, 0.717) is 12.3 Å². The molecule has 0 aliphatic carbocycles. The van der Waals surface area contributed by atoms with Crippen LogP contribution in [0.15, 0.2) is 72.8 Å². The molecule has 0 aromatic heterocycles. The van der Waals surface area contributed by atoms with Crippen LogP contribution in [-0.4, -0.2) is 41.4 Å². The number of carbonyl (C=O) groups is 2. The zero-order valence-corrected chi connectivity index (χ0v) is 25.7. The predicted octanol–water partition coefficient (Wildman–Crippen LogP) is 7.21. The van der Waals surface area contributed by atoms with Gasteiger partial charge in [-0.25, -0.2) is 0 Å². The lowest BCUT2D eigenvalue weighted by Crippen LogP contribution is -2.33. The lowest BCUT2D eigenvalue weighted by molar-refractivity contribution is -0.142. The minimum absolute atomic E-state index is 0.264. The first-order valence-corrected chi connectivity index (χ1v) is 15.7. The van der Waals surface area contributed by atoms with Gasteiger partial charge in [-0.2, -0.15) is 0 Å². The SMILES string of the molecule is CCc1cc(C(=O)CCCC2CCN(Cc3cccc(C(C)(C)C(=O)O)c3)CC2)ccc1CCNCc1ccccc1. The van der Waals surface area contributed by atoms with Gasteiger partial charge in [0.1, 0.15) is 0 Å². The molecule has 2 N–H and O–H groups in total. The molecule has 3 aromatic rings. The van der Waals surface area contributed by atoms with Crippen molar-refractivity contribution in [2.24, 2.45) is 5.92 Å². The average molecular weight is 569 g/mol. The largest absolute Gasteiger partial charge is 0.481 e. The molecule has 0 atom stereocenters. The molecule has 0 radical (unpaired) electrons. The number of benzene rings is 3. The zero-order valence-electron chi connectivity index (χ0n) is 25.7. The Balaban J connectivity index is 1.17.